The molecule has 0 saturated heterocycles. The Morgan fingerprint density at radius 3 is 2.53 bits per heavy atom. The number of hydrogen-bond acceptors (Lipinski definition) is 1. The molecule has 0 amide bonds. The lowest BCUT2D eigenvalue weighted by molar-refractivity contribution is -0.146. The van der Waals surface area contributed by atoms with E-state index in [0.29, 0.717) is 12.3 Å². The minimum atomic E-state index is -0.721. The molecule has 0 aromatic heterocycles. The van der Waals surface area contributed by atoms with E-state index in [4.69, 9.17) is 0 Å². The van der Waals surface area contributed by atoms with Crippen molar-refractivity contribution in [3.63, 3.8) is 0 Å². The van der Waals surface area contributed by atoms with Gasteiger partial charge < -0.3 is 5.11 Å². The van der Waals surface area contributed by atoms with Crippen LogP contribution in [0, 0.1) is 5.41 Å². The van der Waals surface area contributed by atoms with Crippen molar-refractivity contribution in [3.8, 4) is 0 Å². The first-order chi connectivity index (χ1) is 8.00. The van der Waals surface area contributed by atoms with Crippen molar-refractivity contribution in [2.75, 3.05) is 0 Å². The van der Waals surface area contributed by atoms with Gasteiger partial charge in [0.2, 0.25) is 0 Å². The molecule has 1 N–H and O–H groups in total. The van der Waals surface area contributed by atoms with Crippen LogP contribution in [0.25, 0.3) is 0 Å². The maximum absolute atomic E-state index is 11.2. The first-order valence-corrected chi connectivity index (χ1v) is 6.32. The Hall–Kier alpha value is -1.31. The lowest BCUT2D eigenvalue weighted by atomic mass is 9.75. The summed E-state index contributed by atoms with van der Waals surface area (Å²) in [6.45, 7) is 3.60. The number of hydrogen-bond donors (Lipinski definition) is 1. The van der Waals surface area contributed by atoms with Crippen molar-refractivity contribution in [2.45, 2.75) is 45.4 Å². The second-order valence-electron chi connectivity index (χ2n) is 5.69. The maximum atomic E-state index is 11.2. The van der Waals surface area contributed by atoms with Gasteiger partial charge in [-0.15, -0.1) is 0 Å². The van der Waals surface area contributed by atoms with Crippen LogP contribution in [0.15, 0.2) is 24.3 Å². The molecule has 0 spiro atoms. The third-order valence-electron chi connectivity index (χ3n) is 3.81. The molecule has 0 bridgehead atoms. The first kappa shape index (κ1) is 12.2. The third-order valence-corrected chi connectivity index (χ3v) is 3.81. The molecule has 2 nitrogen and oxygen atoms in total. The van der Waals surface area contributed by atoms with E-state index in [1.807, 2.05) is 6.07 Å². The van der Waals surface area contributed by atoms with Crippen LogP contribution < -0.4 is 0 Å². The molecule has 0 heterocycles. The molecule has 1 aliphatic carbocycles. The van der Waals surface area contributed by atoms with Gasteiger partial charge in [0.25, 0.3) is 0 Å². The zero-order chi connectivity index (χ0) is 12.5. The SMILES string of the molecule is CC(C)(Cc1ccccc1C1CCC1)C(=O)O. The van der Waals surface area contributed by atoms with Crippen LogP contribution in [0.3, 0.4) is 0 Å². The summed E-state index contributed by atoms with van der Waals surface area (Å²) >= 11 is 0. The Balaban J connectivity index is 2.23. The smallest absolute Gasteiger partial charge is 0.309 e. The van der Waals surface area contributed by atoms with E-state index in [-0.39, 0.29) is 0 Å². The van der Waals surface area contributed by atoms with Gasteiger partial charge in [0.15, 0.2) is 0 Å². The second kappa shape index (κ2) is 4.52. The van der Waals surface area contributed by atoms with E-state index >= 15 is 0 Å². The summed E-state index contributed by atoms with van der Waals surface area (Å²) < 4.78 is 0. The highest BCUT2D eigenvalue weighted by molar-refractivity contribution is 5.74. The number of carboxylic acid groups (broad SMARTS) is 1. The van der Waals surface area contributed by atoms with Gasteiger partial charge >= 0.3 is 5.97 Å². The monoisotopic (exact) mass is 232 g/mol. The van der Waals surface area contributed by atoms with Crippen LogP contribution >= 0.6 is 0 Å². The van der Waals surface area contributed by atoms with E-state index in [9.17, 15) is 9.90 Å². The van der Waals surface area contributed by atoms with E-state index in [0.717, 1.165) is 0 Å². The van der Waals surface area contributed by atoms with Gasteiger partial charge in [0.1, 0.15) is 0 Å². The number of benzene rings is 1. The van der Waals surface area contributed by atoms with Crippen molar-refractivity contribution in [1.29, 1.82) is 0 Å². The number of carbonyl (C=O) groups is 1. The summed E-state index contributed by atoms with van der Waals surface area (Å²) in [6, 6.07) is 8.32. The molecule has 1 aromatic carbocycles. The average Bonchev–Trinajstić information content (AvgIpc) is 2.17. The average molecular weight is 232 g/mol. The lowest BCUT2D eigenvalue weighted by Gasteiger charge is -2.29. The van der Waals surface area contributed by atoms with E-state index in [1.165, 1.54) is 30.4 Å². The topological polar surface area (TPSA) is 37.3 Å². The summed E-state index contributed by atoms with van der Waals surface area (Å²) in [5, 5.41) is 9.20. The fraction of sp³-hybridized carbons (Fsp3) is 0.533. The standard InChI is InChI=1S/C15H20O2/c1-15(2,14(16)17)10-12-6-3-4-9-13(12)11-7-5-8-11/h3-4,6,9,11H,5,7-8,10H2,1-2H3,(H,16,17). The van der Waals surface area contributed by atoms with Gasteiger partial charge in [-0.1, -0.05) is 30.7 Å². The summed E-state index contributed by atoms with van der Waals surface area (Å²) in [4.78, 5) is 11.2. The molecule has 1 fully saturated rings. The summed E-state index contributed by atoms with van der Waals surface area (Å²) in [6.07, 6.45) is 4.44. The molecule has 1 aliphatic rings. The highest BCUT2D eigenvalue weighted by Crippen LogP contribution is 2.39. The van der Waals surface area contributed by atoms with Crippen molar-refractivity contribution < 1.29 is 9.90 Å². The largest absolute Gasteiger partial charge is 0.481 e. The fourth-order valence-electron chi connectivity index (χ4n) is 2.36. The van der Waals surface area contributed by atoms with Crippen LogP contribution in [-0.2, 0) is 11.2 Å². The van der Waals surface area contributed by atoms with Gasteiger partial charge in [0.05, 0.1) is 5.41 Å². The van der Waals surface area contributed by atoms with Crippen LogP contribution in [0.2, 0.25) is 0 Å². The van der Waals surface area contributed by atoms with Crippen molar-refractivity contribution in [2.24, 2.45) is 5.41 Å². The molecule has 0 atom stereocenters. The third kappa shape index (κ3) is 2.51. The van der Waals surface area contributed by atoms with Gasteiger partial charge in [-0.3, -0.25) is 4.79 Å². The van der Waals surface area contributed by atoms with E-state index in [2.05, 4.69) is 18.2 Å². The Morgan fingerprint density at radius 1 is 1.35 bits per heavy atom. The number of rotatable bonds is 4. The molecule has 0 radical (unpaired) electrons. The predicted octanol–water partition coefficient (Wildman–Crippen LogP) is 3.61. The minimum Gasteiger partial charge on any atom is -0.481 e. The summed E-state index contributed by atoms with van der Waals surface area (Å²) in [5.74, 6) is -0.0586. The zero-order valence-electron chi connectivity index (χ0n) is 10.6. The predicted molar refractivity (Wildman–Crippen MR) is 68.2 cm³/mol. The molecule has 2 rings (SSSR count). The molecule has 1 saturated carbocycles. The minimum absolute atomic E-state index is 0.620. The number of carboxylic acids is 1. The second-order valence-corrected chi connectivity index (χ2v) is 5.69. The quantitative estimate of drug-likeness (QED) is 0.861. The summed E-state index contributed by atoms with van der Waals surface area (Å²) in [7, 11) is 0. The molecule has 92 valence electrons. The molecule has 0 unspecified atom stereocenters. The highest BCUT2D eigenvalue weighted by atomic mass is 16.4. The molecule has 2 heteroatoms. The molecule has 17 heavy (non-hydrogen) atoms. The van der Waals surface area contributed by atoms with Gasteiger partial charge in [-0.2, -0.15) is 0 Å². The fourth-order valence-corrected chi connectivity index (χ4v) is 2.36. The zero-order valence-corrected chi connectivity index (χ0v) is 10.6. The Kier molecular flexibility index (Phi) is 3.23. The van der Waals surface area contributed by atoms with Crippen molar-refractivity contribution in [3.05, 3.63) is 35.4 Å². The Bertz CT molecular complexity index is 417. The van der Waals surface area contributed by atoms with Crippen molar-refractivity contribution >= 4 is 5.97 Å². The van der Waals surface area contributed by atoms with E-state index < -0.39 is 11.4 Å². The van der Waals surface area contributed by atoms with E-state index in [1.54, 1.807) is 13.8 Å². The molecule has 0 aliphatic heterocycles. The Morgan fingerprint density at radius 2 is 2.00 bits per heavy atom. The van der Waals surface area contributed by atoms with Crippen LogP contribution in [-0.4, -0.2) is 11.1 Å². The molecule has 1 aromatic rings. The van der Waals surface area contributed by atoms with Crippen molar-refractivity contribution in [1.82, 2.24) is 0 Å². The summed E-state index contributed by atoms with van der Waals surface area (Å²) in [5.41, 5.74) is 1.90. The van der Waals surface area contributed by atoms with Gasteiger partial charge in [-0.25, -0.2) is 0 Å². The Labute approximate surface area is 103 Å². The van der Waals surface area contributed by atoms with Gasteiger partial charge in [0, 0.05) is 0 Å². The highest BCUT2D eigenvalue weighted by Gasteiger charge is 2.30. The van der Waals surface area contributed by atoms with Gasteiger partial charge in [-0.05, 0) is 50.2 Å². The van der Waals surface area contributed by atoms with Crippen LogP contribution in [0.4, 0.5) is 0 Å². The maximum Gasteiger partial charge on any atom is 0.309 e. The first-order valence-electron chi connectivity index (χ1n) is 6.32. The molecular weight excluding hydrogens is 212 g/mol. The molecular formula is C15H20O2. The van der Waals surface area contributed by atoms with Crippen LogP contribution in [0.5, 0.6) is 0 Å². The number of aliphatic carboxylic acids is 1. The van der Waals surface area contributed by atoms with Crippen LogP contribution in [0.1, 0.15) is 50.2 Å². The lowest BCUT2D eigenvalue weighted by Crippen LogP contribution is -2.27. The normalized spacial score (nSPS) is 16.6.